The van der Waals surface area contributed by atoms with E-state index in [1.54, 1.807) is 30.1 Å². The fourth-order valence-corrected chi connectivity index (χ4v) is 2.64. The third-order valence-electron chi connectivity index (χ3n) is 3.74. The van der Waals surface area contributed by atoms with Crippen LogP contribution in [0.2, 0.25) is 0 Å². The van der Waals surface area contributed by atoms with Gasteiger partial charge in [0.15, 0.2) is 5.65 Å². The summed E-state index contributed by atoms with van der Waals surface area (Å²) in [5.41, 5.74) is 1.02. The minimum Gasteiger partial charge on any atom is -0.481 e. The summed E-state index contributed by atoms with van der Waals surface area (Å²) in [6.45, 7) is 0. The van der Waals surface area contributed by atoms with E-state index < -0.39 is 0 Å². The summed E-state index contributed by atoms with van der Waals surface area (Å²) < 4.78 is 6.67. The molecule has 1 aliphatic rings. The predicted octanol–water partition coefficient (Wildman–Crippen LogP) is 1.80. The van der Waals surface area contributed by atoms with Crippen LogP contribution in [0.3, 0.4) is 0 Å². The van der Waals surface area contributed by atoms with Gasteiger partial charge < -0.3 is 10.1 Å². The van der Waals surface area contributed by atoms with Crippen molar-refractivity contribution in [2.24, 2.45) is 0 Å². The monoisotopic (exact) mass is 274 g/mol. The molecule has 0 bridgehead atoms. The number of rotatable bonds is 3. The Balaban J connectivity index is 1.83. The average Bonchev–Trinajstić information content (AvgIpc) is 2.91. The lowest BCUT2D eigenvalue weighted by Gasteiger charge is -2.22. The molecule has 106 valence electrons. The summed E-state index contributed by atoms with van der Waals surface area (Å²) >= 11 is 0. The molecule has 3 rings (SSSR count). The minimum atomic E-state index is -0.104. The fraction of sp³-hybridized carbons (Fsp3) is 0.500. The zero-order chi connectivity index (χ0) is 13.9. The lowest BCUT2D eigenvalue weighted by molar-refractivity contribution is 0.0929. The molecule has 0 saturated heterocycles. The van der Waals surface area contributed by atoms with Crippen LogP contribution in [0.5, 0.6) is 5.88 Å². The van der Waals surface area contributed by atoms with E-state index in [4.69, 9.17) is 4.74 Å². The standard InChI is InChI=1S/C14H18N4O2/c1-20-12-7-8-18-13(17-12)11(9-15-18)14(19)16-10-5-3-2-4-6-10/h7-10H,2-6H2,1H3,(H,16,19). The summed E-state index contributed by atoms with van der Waals surface area (Å²) in [6, 6.07) is 1.99. The van der Waals surface area contributed by atoms with Crippen molar-refractivity contribution in [3.63, 3.8) is 0 Å². The first-order chi connectivity index (χ1) is 9.78. The van der Waals surface area contributed by atoms with Crippen molar-refractivity contribution in [2.45, 2.75) is 38.1 Å². The number of hydrogen-bond donors (Lipinski definition) is 1. The van der Waals surface area contributed by atoms with Gasteiger partial charge in [-0.25, -0.2) is 4.52 Å². The largest absolute Gasteiger partial charge is 0.481 e. The van der Waals surface area contributed by atoms with Gasteiger partial charge in [-0.05, 0) is 12.8 Å². The highest BCUT2D eigenvalue weighted by Crippen LogP contribution is 2.19. The number of nitrogens with zero attached hydrogens (tertiary/aromatic N) is 3. The van der Waals surface area contributed by atoms with Crippen LogP contribution < -0.4 is 10.1 Å². The van der Waals surface area contributed by atoms with E-state index in [1.807, 2.05) is 0 Å². The summed E-state index contributed by atoms with van der Waals surface area (Å²) in [7, 11) is 1.55. The summed E-state index contributed by atoms with van der Waals surface area (Å²) in [4.78, 5) is 16.6. The first kappa shape index (κ1) is 12.9. The van der Waals surface area contributed by atoms with Gasteiger partial charge in [-0.1, -0.05) is 19.3 Å². The SMILES string of the molecule is COc1ccn2ncc(C(=O)NC3CCCCC3)c2n1. The molecule has 20 heavy (non-hydrogen) atoms. The minimum absolute atomic E-state index is 0.104. The smallest absolute Gasteiger partial charge is 0.256 e. The van der Waals surface area contributed by atoms with E-state index in [2.05, 4.69) is 15.4 Å². The van der Waals surface area contributed by atoms with E-state index in [1.165, 1.54) is 19.3 Å². The molecule has 2 aromatic heterocycles. The van der Waals surface area contributed by atoms with Crippen molar-refractivity contribution in [3.8, 4) is 5.88 Å². The summed E-state index contributed by atoms with van der Waals surface area (Å²) in [6.07, 6.45) is 9.04. The molecule has 1 fully saturated rings. The van der Waals surface area contributed by atoms with E-state index in [9.17, 15) is 4.79 Å². The van der Waals surface area contributed by atoms with Gasteiger partial charge in [-0.3, -0.25) is 4.79 Å². The van der Waals surface area contributed by atoms with Gasteiger partial charge in [-0.2, -0.15) is 10.1 Å². The van der Waals surface area contributed by atoms with Gasteiger partial charge in [0.1, 0.15) is 5.56 Å². The molecule has 6 heteroatoms. The molecule has 0 radical (unpaired) electrons. The zero-order valence-corrected chi connectivity index (χ0v) is 11.5. The van der Waals surface area contributed by atoms with Crippen LogP contribution in [0.4, 0.5) is 0 Å². The van der Waals surface area contributed by atoms with Crippen LogP contribution in [0.15, 0.2) is 18.5 Å². The molecule has 0 spiro atoms. The predicted molar refractivity (Wildman–Crippen MR) is 73.9 cm³/mol. The van der Waals surface area contributed by atoms with Gasteiger partial charge in [-0.15, -0.1) is 0 Å². The Hall–Kier alpha value is -2.11. The second-order valence-electron chi connectivity index (χ2n) is 5.10. The van der Waals surface area contributed by atoms with E-state index in [0.29, 0.717) is 17.1 Å². The number of hydrogen-bond acceptors (Lipinski definition) is 4. The molecule has 0 unspecified atom stereocenters. The number of fused-ring (bicyclic) bond motifs is 1. The maximum absolute atomic E-state index is 12.3. The summed E-state index contributed by atoms with van der Waals surface area (Å²) in [5, 5.41) is 7.22. The molecule has 1 saturated carbocycles. The van der Waals surface area contributed by atoms with Crippen LogP contribution in [-0.4, -0.2) is 33.7 Å². The third-order valence-corrected chi connectivity index (χ3v) is 3.74. The number of nitrogens with one attached hydrogen (secondary N) is 1. The van der Waals surface area contributed by atoms with Gasteiger partial charge >= 0.3 is 0 Å². The summed E-state index contributed by atoms with van der Waals surface area (Å²) in [5.74, 6) is 0.373. The van der Waals surface area contributed by atoms with Crippen LogP contribution in [0, 0.1) is 0 Å². The zero-order valence-electron chi connectivity index (χ0n) is 11.5. The molecule has 2 heterocycles. The number of aromatic nitrogens is 3. The molecule has 0 aliphatic heterocycles. The Labute approximate surface area is 117 Å². The van der Waals surface area contributed by atoms with Gasteiger partial charge in [0.05, 0.1) is 13.3 Å². The maximum atomic E-state index is 12.3. The molecule has 0 atom stereocenters. The van der Waals surface area contributed by atoms with E-state index >= 15 is 0 Å². The average molecular weight is 274 g/mol. The Kier molecular flexibility index (Phi) is 3.54. The number of carbonyl (C=O) groups is 1. The van der Waals surface area contributed by atoms with Crippen LogP contribution in [0.25, 0.3) is 5.65 Å². The van der Waals surface area contributed by atoms with Crippen molar-refractivity contribution in [1.29, 1.82) is 0 Å². The van der Waals surface area contributed by atoms with Gasteiger partial charge in [0, 0.05) is 18.3 Å². The second-order valence-corrected chi connectivity index (χ2v) is 5.10. The van der Waals surface area contributed by atoms with Crippen LogP contribution in [0.1, 0.15) is 42.5 Å². The highest BCUT2D eigenvalue weighted by molar-refractivity contribution is 5.99. The van der Waals surface area contributed by atoms with E-state index in [0.717, 1.165) is 12.8 Å². The Morgan fingerprint density at radius 3 is 2.95 bits per heavy atom. The van der Waals surface area contributed by atoms with Crippen molar-refractivity contribution in [1.82, 2.24) is 19.9 Å². The first-order valence-corrected chi connectivity index (χ1v) is 6.97. The Morgan fingerprint density at radius 2 is 2.20 bits per heavy atom. The van der Waals surface area contributed by atoms with Crippen LogP contribution in [-0.2, 0) is 0 Å². The first-order valence-electron chi connectivity index (χ1n) is 6.97. The highest BCUT2D eigenvalue weighted by atomic mass is 16.5. The molecule has 2 aromatic rings. The van der Waals surface area contributed by atoms with E-state index in [-0.39, 0.29) is 11.9 Å². The fourth-order valence-electron chi connectivity index (χ4n) is 2.64. The van der Waals surface area contributed by atoms with Gasteiger partial charge in [0.2, 0.25) is 5.88 Å². The number of amides is 1. The molecular weight excluding hydrogens is 256 g/mol. The quantitative estimate of drug-likeness (QED) is 0.926. The third kappa shape index (κ3) is 2.45. The van der Waals surface area contributed by atoms with Crippen molar-refractivity contribution in [2.75, 3.05) is 7.11 Å². The highest BCUT2D eigenvalue weighted by Gasteiger charge is 2.20. The van der Waals surface area contributed by atoms with Crippen molar-refractivity contribution < 1.29 is 9.53 Å². The van der Waals surface area contributed by atoms with Crippen molar-refractivity contribution >= 4 is 11.6 Å². The normalized spacial score (nSPS) is 16.2. The lowest BCUT2D eigenvalue weighted by Crippen LogP contribution is -2.36. The molecule has 1 aliphatic carbocycles. The lowest BCUT2D eigenvalue weighted by atomic mass is 9.95. The van der Waals surface area contributed by atoms with Crippen LogP contribution >= 0.6 is 0 Å². The number of methoxy groups -OCH3 is 1. The number of ether oxygens (including phenoxy) is 1. The van der Waals surface area contributed by atoms with Crippen molar-refractivity contribution in [3.05, 3.63) is 24.0 Å². The molecule has 1 amide bonds. The molecule has 1 N–H and O–H groups in total. The molecular formula is C14H18N4O2. The topological polar surface area (TPSA) is 68.5 Å². The molecule has 0 aromatic carbocycles. The number of carbonyl (C=O) groups excluding carboxylic acids is 1. The second kappa shape index (κ2) is 5.48. The van der Waals surface area contributed by atoms with Gasteiger partial charge in [0.25, 0.3) is 5.91 Å². The maximum Gasteiger partial charge on any atom is 0.256 e. The molecule has 6 nitrogen and oxygen atoms in total. The Morgan fingerprint density at radius 1 is 1.40 bits per heavy atom. The Bertz CT molecular complexity index is 617.